The first-order valence-electron chi connectivity index (χ1n) is 3.76. The van der Waals surface area contributed by atoms with Crippen LogP contribution in [-0.4, -0.2) is 9.64 Å². The van der Waals surface area contributed by atoms with Gasteiger partial charge in [0.15, 0.2) is 0 Å². The van der Waals surface area contributed by atoms with E-state index in [0.717, 1.165) is 11.3 Å². The Labute approximate surface area is 94.0 Å². The molecule has 0 aliphatic carbocycles. The van der Waals surface area contributed by atoms with Crippen molar-refractivity contribution in [1.82, 2.24) is 0 Å². The second-order valence-corrected chi connectivity index (χ2v) is 5.66. The van der Waals surface area contributed by atoms with Crippen LogP contribution < -0.4 is 5.32 Å². The van der Waals surface area contributed by atoms with E-state index in [-0.39, 0.29) is 9.64 Å². The lowest BCUT2D eigenvalue weighted by Gasteiger charge is -2.07. The van der Waals surface area contributed by atoms with E-state index in [0.29, 0.717) is 0 Å². The van der Waals surface area contributed by atoms with Crippen LogP contribution in [0.15, 0.2) is 24.3 Å². The summed E-state index contributed by atoms with van der Waals surface area (Å²) >= 11 is 6.25. The molecule has 2 nitrogen and oxygen atoms in total. The van der Waals surface area contributed by atoms with Crippen LogP contribution in [0, 0.1) is 6.92 Å². The third kappa shape index (κ3) is 3.12. The SMILES string of the molecule is Cc1ccccc1NC(=O)C(Br)Br. The predicted molar refractivity (Wildman–Crippen MR) is 61.5 cm³/mol. The van der Waals surface area contributed by atoms with Gasteiger partial charge >= 0.3 is 0 Å². The molecule has 0 saturated heterocycles. The van der Waals surface area contributed by atoms with Gasteiger partial charge in [-0.1, -0.05) is 50.1 Å². The molecule has 0 spiro atoms. The standard InChI is InChI=1S/C9H9Br2NO/c1-6-4-2-3-5-7(6)12-9(13)8(10)11/h2-5,8H,1H3,(H,12,13). The van der Waals surface area contributed by atoms with Gasteiger partial charge in [-0.3, -0.25) is 4.79 Å². The van der Waals surface area contributed by atoms with Crippen LogP contribution in [0.2, 0.25) is 0 Å². The topological polar surface area (TPSA) is 29.1 Å². The molecule has 1 rings (SSSR count). The van der Waals surface area contributed by atoms with Gasteiger partial charge in [0.1, 0.15) is 3.74 Å². The maximum Gasteiger partial charge on any atom is 0.248 e. The Morgan fingerprint density at radius 1 is 1.38 bits per heavy atom. The fraction of sp³-hybridized carbons (Fsp3) is 0.222. The average molecular weight is 307 g/mol. The fourth-order valence-corrected chi connectivity index (χ4v) is 1.13. The van der Waals surface area contributed by atoms with E-state index in [1.54, 1.807) is 0 Å². The molecule has 0 aromatic heterocycles. The quantitative estimate of drug-likeness (QED) is 0.836. The molecule has 1 aromatic rings. The predicted octanol–water partition coefficient (Wildman–Crippen LogP) is 3.05. The van der Waals surface area contributed by atoms with E-state index >= 15 is 0 Å². The van der Waals surface area contributed by atoms with Crippen LogP contribution in [0.25, 0.3) is 0 Å². The first kappa shape index (κ1) is 10.7. The molecule has 0 bridgehead atoms. The zero-order valence-corrected chi connectivity index (χ0v) is 10.2. The molecule has 0 saturated carbocycles. The molecule has 13 heavy (non-hydrogen) atoms. The maximum absolute atomic E-state index is 11.3. The molecular weight excluding hydrogens is 298 g/mol. The third-order valence-electron chi connectivity index (χ3n) is 1.60. The van der Waals surface area contributed by atoms with Gasteiger partial charge in [-0.2, -0.15) is 0 Å². The Morgan fingerprint density at radius 3 is 2.54 bits per heavy atom. The molecule has 0 fully saturated rings. The van der Waals surface area contributed by atoms with Gasteiger partial charge in [0, 0.05) is 5.69 Å². The molecule has 0 atom stereocenters. The molecule has 0 aliphatic heterocycles. The zero-order valence-electron chi connectivity index (χ0n) is 7.05. The first-order chi connectivity index (χ1) is 6.11. The highest BCUT2D eigenvalue weighted by atomic mass is 79.9. The summed E-state index contributed by atoms with van der Waals surface area (Å²) in [6.45, 7) is 1.95. The lowest BCUT2D eigenvalue weighted by Crippen LogP contribution is -2.18. The van der Waals surface area contributed by atoms with Gasteiger partial charge in [-0.25, -0.2) is 0 Å². The zero-order chi connectivity index (χ0) is 9.84. The number of carbonyl (C=O) groups is 1. The Morgan fingerprint density at radius 2 is 2.00 bits per heavy atom. The van der Waals surface area contributed by atoms with E-state index in [1.165, 1.54) is 0 Å². The molecule has 0 unspecified atom stereocenters. The molecule has 0 aliphatic rings. The van der Waals surface area contributed by atoms with E-state index in [4.69, 9.17) is 0 Å². The summed E-state index contributed by atoms with van der Waals surface area (Å²) in [4.78, 5) is 11.3. The number of para-hydroxylation sites is 1. The number of alkyl halides is 2. The highest BCUT2D eigenvalue weighted by molar-refractivity contribution is 9.25. The minimum absolute atomic E-state index is 0.102. The van der Waals surface area contributed by atoms with Crippen LogP contribution in [0.5, 0.6) is 0 Å². The van der Waals surface area contributed by atoms with Crippen LogP contribution in [0.3, 0.4) is 0 Å². The summed E-state index contributed by atoms with van der Waals surface area (Å²) in [5.74, 6) is -0.102. The smallest absolute Gasteiger partial charge is 0.248 e. The minimum atomic E-state index is -0.348. The number of amides is 1. The third-order valence-corrected chi connectivity index (χ3v) is 2.43. The Hall–Kier alpha value is -0.350. The van der Waals surface area contributed by atoms with Crippen LogP contribution in [0.1, 0.15) is 5.56 Å². The van der Waals surface area contributed by atoms with Crippen molar-refractivity contribution in [3.63, 3.8) is 0 Å². The summed E-state index contributed by atoms with van der Waals surface area (Å²) in [6.07, 6.45) is 0. The van der Waals surface area contributed by atoms with Crippen LogP contribution in [0.4, 0.5) is 5.69 Å². The van der Waals surface area contributed by atoms with Gasteiger partial charge < -0.3 is 5.32 Å². The molecule has 4 heteroatoms. The van der Waals surface area contributed by atoms with E-state index in [9.17, 15) is 4.79 Å². The Bertz CT molecular complexity index is 312. The van der Waals surface area contributed by atoms with Crippen molar-refractivity contribution in [2.75, 3.05) is 5.32 Å². The second kappa shape index (κ2) is 4.77. The maximum atomic E-state index is 11.3. The Kier molecular flexibility index (Phi) is 3.93. The van der Waals surface area contributed by atoms with Crippen molar-refractivity contribution in [3.8, 4) is 0 Å². The van der Waals surface area contributed by atoms with Gasteiger partial charge in [0.25, 0.3) is 0 Å². The minimum Gasteiger partial charge on any atom is -0.324 e. The number of aryl methyl sites for hydroxylation is 1. The van der Waals surface area contributed by atoms with Gasteiger partial charge in [-0.05, 0) is 18.6 Å². The van der Waals surface area contributed by atoms with Crippen molar-refractivity contribution in [1.29, 1.82) is 0 Å². The molecular formula is C9H9Br2NO. The first-order valence-corrected chi connectivity index (χ1v) is 5.59. The van der Waals surface area contributed by atoms with Gasteiger partial charge in [0.2, 0.25) is 5.91 Å². The molecule has 0 heterocycles. The monoisotopic (exact) mass is 305 g/mol. The van der Waals surface area contributed by atoms with Crippen LogP contribution in [-0.2, 0) is 4.79 Å². The highest BCUT2D eigenvalue weighted by Crippen LogP contribution is 2.16. The van der Waals surface area contributed by atoms with Gasteiger partial charge in [-0.15, -0.1) is 0 Å². The number of benzene rings is 1. The number of nitrogens with one attached hydrogen (secondary N) is 1. The van der Waals surface area contributed by atoms with E-state index in [1.807, 2.05) is 31.2 Å². The summed E-state index contributed by atoms with van der Waals surface area (Å²) in [7, 11) is 0. The largest absolute Gasteiger partial charge is 0.324 e. The van der Waals surface area contributed by atoms with Crippen molar-refractivity contribution in [2.45, 2.75) is 10.7 Å². The fourth-order valence-electron chi connectivity index (χ4n) is 0.900. The number of hydrogen-bond donors (Lipinski definition) is 1. The number of halogens is 2. The lowest BCUT2D eigenvalue weighted by molar-refractivity contribution is -0.114. The van der Waals surface area contributed by atoms with E-state index in [2.05, 4.69) is 37.2 Å². The summed E-state index contributed by atoms with van der Waals surface area (Å²) in [5, 5.41) is 2.78. The van der Waals surface area contributed by atoms with Crippen molar-refractivity contribution < 1.29 is 4.79 Å². The molecule has 1 N–H and O–H groups in total. The summed E-state index contributed by atoms with van der Waals surface area (Å²) in [6, 6.07) is 7.65. The second-order valence-electron chi connectivity index (χ2n) is 2.60. The van der Waals surface area contributed by atoms with E-state index < -0.39 is 0 Å². The summed E-state index contributed by atoms with van der Waals surface area (Å²) < 4.78 is -0.348. The number of rotatable bonds is 2. The highest BCUT2D eigenvalue weighted by Gasteiger charge is 2.10. The van der Waals surface area contributed by atoms with Gasteiger partial charge in [0.05, 0.1) is 0 Å². The Balaban J connectivity index is 2.75. The molecule has 1 aromatic carbocycles. The molecule has 0 radical (unpaired) electrons. The summed E-state index contributed by atoms with van der Waals surface area (Å²) in [5.41, 5.74) is 1.90. The lowest BCUT2D eigenvalue weighted by atomic mass is 10.2. The number of anilines is 1. The van der Waals surface area contributed by atoms with Crippen molar-refractivity contribution in [2.24, 2.45) is 0 Å². The number of hydrogen-bond acceptors (Lipinski definition) is 1. The van der Waals surface area contributed by atoms with Crippen LogP contribution >= 0.6 is 31.9 Å². The normalized spacial score (nSPS) is 10.2. The number of carbonyl (C=O) groups excluding carboxylic acids is 1. The molecule has 1 amide bonds. The average Bonchev–Trinajstić information content (AvgIpc) is 2.08. The molecule has 70 valence electrons. The van der Waals surface area contributed by atoms with Crippen molar-refractivity contribution >= 4 is 43.5 Å². The van der Waals surface area contributed by atoms with Crippen molar-refractivity contribution in [3.05, 3.63) is 29.8 Å².